The maximum atomic E-state index is 12.8. The molecule has 0 fully saturated rings. The number of carboxylic acids is 1. The van der Waals surface area contributed by atoms with Crippen molar-refractivity contribution in [1.29, 1.82) is 0 Å². The Bertz CT molecular complexity index is 1210. The molecule has 2 aromatic carbocycles. The normalized spacial score (nSPS) is 13.2. The van der Waals surface area contributed by atoms with E-state index in [9.17, 15) is 14.7 Å². The lowest BCUT2D eigenvalue weighted by Crippen LogP contribution is -2.28. The van der Waals surface area contributed by atoms with Crippen molar-refractivity contribution in [3.8, 4) is 11.4 Å². The van der Waals surface area contributed by atoms with Crippen LogP contribution in [0.5, 0.6) is 5.75 Å². The van der Waals surface area contributed by atoms with Gasteiger partial charge in [-0.3, -0.25) is 9.79 Å². The topological polar surface area (TPSA) is 84.1 Å². The first-order valence-electron chi connectivity index (χ1n) is 10.4. The third-order valence-electron chi connectivity index (χ3n) is 5.62. The number of Topliss-reactive ketones (excluding diaryl/α,β-unsaturated/α-hetero) is 1. The van der Waals surface area contributed by atoms with Crippen molar-refractivity contribution in [1.82, 2.24) is 4.57 Å². The lowest BCUT2D eigenvalue weighted by molar-refractivity contribution is 0.0696. The van der Waals surface area contributed by atoms with Gasteiger partial charge in [0.1, 0.15) is 18.9 Å². The van der Waals surface area contributed by atoms with Crippen molar-refractivity contribution >= 4 is 23.7 Å². The highest BCUT2D eigenvalue weighted by Crippen LogP contribution is 2.31. The second kappa shape index (κ2) is 8.70. The zero-order valence-corrected chi connectivity index (χ0v) is 18.3. The molecule has 3 aromatic rings. The monoisotopic (exact) mass is 431 g/mol. The molecular weight excluding hydrogens is 406 g/mol. The van der Waals surface area contributed by atoms with Gasteiger partial charge in [0, 0.05) is 30.2 Å². The number of fused-ring (bicyclic) bond motifs is 1. The Morgan fingerprint density at radius 1 is 1.06 bits per heavy atom. The summed E-state index contributed by atoms with van der Waals surface area (Å²) in [6, 6.07) is 14.3. The van der Waals surface area contributed by atoms with Crippen LogP contribution in [0.15, 0.2) is 53.5 Å². The van der Waals surface area contributed by atoms with Crippen molar-refractivity contribution in [3.63, 3.8) is 0 Å². The molecule has 0 radical (unpaired) electrons. The van der Waals surface area contributed by atoms with Gasteiger partial charge in [-0.15, -0.1) is 0 Å². The number of rotatable bonds is 6. The first-order chi connectivity index (χ1) is 15.3. The van der Waals surface area contributed by atoms with Crippen LogP contribution in [0.4, 0.5) is 5.69 Å². The van der Waals surface area contributed by atoms with Crippen LogP contribution in [0.25, 0.3) is 5.69 Å². The molecule has 1 aromatic heterocycles. The molecule has 1 N–H and O–H groups in total. The predicted molar refractivity (Wildman–Crippen MR) is 124 cm³/mol. The molecule has 1 aliphatic rings. The molecule has 7 heteroatoms. The number of carbonyl (C=O) groups is 2. The Kier molecular flexibility index (Phi) is 5.81. The summed E-state index contributed by atoms with van der Waals surface area (Å²) in [5.74, 6) is -0.416. The minimum atomic E-state index is -1.04. The standard InChI is InChI=1S/C25H25N3O4/c1-16-4-5-17(2)28(16)22-13-19(7-8-20(22)25(30)31)23(29)15-26-14-18-6-9-21-24(12-18)32-11-10-27(21)3/h4-9,12-14H,10-11,15H2,1-3H3,(H,30,31). The summed E-state index contributed by atoms with van der Waals surface area (Å²) in [7, 11) is 2.02. The third kappa shape index (κ3) is 4.14. The highest BCUT2D eigenvalue weighted by Gasteiger charge is 2.18. The summed E-state index contributed by atoms with van der Waals surface area (Å²) in [6.07, 6.45) is 1.66. The summed E-state index contributed by atoms with van der Waals surface area (Å²) in [4.78, 5) is 31.0. The Hall–Kier alpha value is -3.87. The average molecular weight is 431 g/mol. The first kappa shape index (κ1) is 21.4. The lowest BCUT2D eigenvalue weighted by atomic mass is 10.0. The maximum absolute atomic E-state index is 12.8. The Balaban J connectivity index is 1.55. The number of carboxylic acid groups (broad SMARTS) is 1. The molecule has 2 heterocycles. The van der Waals surface area contributed by atoms with E-state index in [1.165, 1.54) is 6.07 Å². The molecule has 0 atom stereocenters. The third-order valence-corrected chi connectivity index (χ3v) is 5.62. The summed E-state index contributed by atoms with van der Waals surface area (Å²) in [6.45, 7) is 5.25. The fourth-order valence-electron chi connectivity index (χ4n) is 3.90. The molecule has 0 saturated heterocycles. The van der Waals surface area contributed by atoms with Crippen LogP contribution in [0.2, 0.25) is 0 Å². The molecule has 0 saturated carbocycles. The Labute approximate surface area is 186 Å². The number of ether oxygens (including phenoxy) is 1. The lowest BCUT2D eigenvalue weighted by Gasteiger charge is -2.27. The van der Waals surface area contributed by atoms with E-state index >= 15 is 0 Å². The van der Waals surface area contributed by atoms with E-state index in [4.69, 9.17) is 4.74 Å². The second-order valence-corrected chi connectivity index (χ2v) is 7.88. The van der Waals surface area contributed by atoms with E-state index in [0.29, 0.717) is 17.9 Å². The Morgan fingerprint density at radius 3 is 2.53 bits per heavy atom. The minimum Gasteiger partial charge on any atom is -0.490 e. The van der Waals surface area contributed by atoms with Gasteiger partial charge in [0.2, 0.25) is 0 Å². The SMILES string of the molecule is Cc1ccc(C)n1-c1cc(C(=O)CN=Cc2ccc3c(c2)OCCN3C)ccc1C(=O)O. The smallest absolute Gasteiger partial charge is 0.337 e. The molecule has 1 aliphatic heterocycles. The van der Waals surface area contributed by atoms with E-state index < -0.39 is 5.97 Å². The van der Waals surface area contributed by atoms with Gasteiger partial charge in [0.05, 0.1) is 23.5 Å². The van der Waals surface area contributed by atoms with E-state index in [-0.39, 0.29) is 17.9 Å². The predicted octanol–water partition coefficient (Wildman–Crippen LogP) is 3.92. The summed E-state index contributed by atoms with van der Waals surface area (Å²) in [5.41, 5.74) is 4.72. The number of likely N-dealkylation sites (N-methyl/N-ethyl adjacent to an activating group) is 1. The van der Waals surface area contributed by atoms with Gasteiger partial charge in [0.15, 0.2) is 5.78 Å². The highest BCUT2D eigenvalue weighted by atomic mass is 16.5. The van der Waals surface area contributed by atoms with Crippen LogP contribution in [0.1, 0.15) is 37.7 Å². The highest BCUT2D eigenvalue weighted by molar-refractivity contribution is 6.01. The van der Waals surface area contributed by atoms with Gasteiger partial charge in [-0.05, 0) is 55.8 Å². The number of hydrogen-bond donors (Lipinski definition) is 1. The van der Waals surface area contributed by atoms with Crippen LogP contribution in [-0.4, -0.2) is 54.4 Å². The van der Waals surface area contributed by atoms with Crippen LogP contribution in [0, 0.1) is 13.8 Å². The quantitative estimate of drug-likeness (QED) is 0.472. The van der Waals surface area contributed by atoms with Crippen LogP contribution in [-0.2, 0) is 0 Å². The van der Waals surface area contributed by atoms with Crippen LogP contribution < -0.4 is 9.64 Å². The number of carbonyl (C=O) groups excluding carboxylic acids is 1. The van der Waals surface area contributed by atoms with Crippen molar-refractivity contribution in [2.75, 3.05) is 31.6 Å². The van der Waals surface area contributed by atoms with E-state index in [2.05, 4.69) is 9.89 Å². The van der Waals surface area contributed by atoms with Gasteiger partial charge in [-0.25, -0.2) is 4.79 Å². The van der Waals surface area contributed by atoms with Gasteiger partial charge >= 0.3 is 5.97 Å². The molecule has 0 spiro atoms. The summed E-state index contributed by atoms with van der Waals surface area (Å²) < 4.78 is 7.55. The molecular formula is C25H25N3O4. The van der Waals surface area contributed by atoms with Gasteiger partial charge in [0.25, 0.3) is 0 Å². The average Bonchev–Trinajstić information content (AvgIpc) is 3.11. The molecule has 7 nitrogen and oxygen atoms in total. The zero-order valence-electron chi connectivity index (χ0n) is 18.3. The number of nitrogens with zero attached hydrogens (tertiary/aromatic N) is 3. The fraction of sp³-hybridized carbons (Fsp3) is 0.240. The number of aromatic carboxylic acids is 1. The zero-order chi connectivity index (χ0) is 22.8. The van der Waals surface area contributed by atoms with Crippen molar-refractivity contribution < 1.29 is 19.4 Å². The Morgan fingerprint density at radius 2 is 1.81 bits per heavy atom. The number of aryl methyl sites for hydroxylation is 2. The molecule has 0 amide bonds. The van der Waals surface area contributed by atoms with E-state index in [1.54, 1.807) is 18.3 Å². The molecule has 32 heavy (non-hydrogen) atoms. The molecule has 4 rings (SSSR count). The van der Waals surface area contributed by atoms with Crippen molar-refractivity contribution in [2.24, 2.45) is 4.99 Å². The van der Waals surface area contributed by atoms with Crippen molar-refractivity contribution in [3.05, 3.63) is 76.6 Å². The number of anilines is 1. The summed E-state index contributed by atoms with van der Waals surface area (Å²) >= 11 is 0. The van der Waals surface area contributed by atoms with Crippen molar-refractivity contribution in [2.45, 2.75) is 13.8 Å². The van der Waals surface area contributed by atoms with E-state index in [1.807, 2.05) is 55.8 Å². The molecule has 0 aliphatic carbocycles. The number of benzene rings is 2. The summed E-state index contributed by atoms with van der Waals surface area (Å²) in [5, 5.41) is 9.61. The van der Waals surface area contributed by atoms with Gasteiger partial charge in [-0.2, -0.15) is 0 Å². The molecule has 0 unspecified atom stereocenters. The minimum absolute atomic E-state index is 0.0344. The van der Waals surface area contributed by atoms with Crippen LogP contribution >= 0.6 is 0 Å². The second-order valence-electron chi connectivity index (χ2n) is 7.88. The first-order valence-corrected chi connectivity index (χ1v) is 10.4. The molecule has 0 bridgehead atoms. The maximum Gasteiger partial charge on any atom is 0.337 e. The van der Waals surface area contributed by atoms with Gasteiger partial charge in [-0.1, -0.05) is 12.1 Å². The molecule has 164 valence electrons. The van der Waals surface area contributed by atoms with Crippen LogP contribution in [0.3, 0.4) is 0 Å². The van der Waals surface area contributed by atoms with E-state index in [0.717, 1.165) is 34.9 Å². The van der Waals surface area contributed by atoms with Gasteiger partial charge < -0.3 is 19.3 Å². The number of aliphatic imine (C=N–C) groups is 1. The fourth-order valence-corrected chi connectivity index (χ4v) is 3.90. The number of aromatic nitrogens is 1. The number of hydrogen-bond acceptors (Lipinski definition) is 5. The number of ketones is 1. The largest absolute Gasteiger partial charge is 0.490 e.